The molecule has 0 aromatic heterocycles. The van der Waals surface area contributed by atoms with Gasteiger partial charge in [0.2, 0.25) is 0 Å². The van der Waals surface area contributed by atoms with Crippen molar-refractivity contribution in [2.45, 2.75) is 58.3 Å². The van der Waals surface area contributed by atoms with Crippen LogP contribution in [0.15, 0.2) is 84.9 Å². The van der Waals surface area contributed by atoms with Crippen LogP contribution in [0, 0.1) is 0 Å². The number of hydrogen-bond acceptors (Lipinski definition) is 2. The summed E-state index contributed by atoms with van der Waals surface area (Å²) in [6.45, 7) is 2.04. The number of hydrogen-bond donors (Lipinski definition) is 0. The summed E-state index contributed by atoms with van der Waals surface area (Å²) in [5.74, 6) is -0.173. The Morgan fingerprint density at radius 2 is 1.15 bits per heavy atom. The molecule has 3 rings (SSSR count). The molecule has 0 aliphatic rings. The van der Waals surface area contributed by atoms with E-state index < -0.39 is 7.92 Å². The van der Waals surface area contributed by atoms with Gasteiger partial charge in [0, 0.05) is 6.92 Å². The van der Waals surface area contributed by atoms with E-state index in [2.05, 4.69) is 84.9 Å². The first-order valence-electron chi connectivity index (χ1n) is 11.9. The molecule has 3 aromatic rings. The zero-order chi connectivity index (χ0) is 22.4. The fraction of sp³-hybridized carbons (Fsp3) is 0.345. The number of unbranched alkanes of at least 4 members (excludes halogenated alkanes) is 6. The van der Waals surface area contributed by atoms with Crippen LogP contribution in [-0.4, -0.2) is 12.6 Å². The highest BCUT2D eigenvalue weighted by atomic mass is 79.9. The van der Waals surface area contributed by atoms with Gasteiger partial charge in [-0.1, -0.05) is 117 Å². The van der Waals surface area contributed by atoms with Gasteiger partial charge in [0.25, 0.3) is 0 Å². The summed E-state index contributed by atoms with van der Waals surface area (Å²) in [5.41, 5.74) is 1.49. The Labute approximate surface area is 211 Å². The van der Waals surface area contributed by atoms with Crippen LogP contribution in [-0.2, 0) is 16.0 Å². The number of benzene rings is 3. The fourth-order valence-electron chi connectivity index (χ4n) is 4.04. The van der Waals surface area contributed by atoms with Gasteiger partial charge >= 0.3 is 5.97 Å². The van der Waals surface area contributed by atoms with Gasteiger partial charge in [0.1, 0.15) is 0 Å². The first kappa shape index (κ1) is 27.3. The Morgan fingerprint density at radius 3 is 1.73 bits per heavy atom. The van der Waals surface area contributed by atoms with Gasteiger partial charge in [-0.05, 0) is 48.7 Å². The fourth-order valence-corrected chi connectivity index (χ4v) is 6.54. The molecule has 0 fully saturated rings. The van der Waals surface area contributed by atoms with Crippen molar-refractivity contribution in [1.82, 2.24) is 0 Å². The molecule has 0 saturated carbocycles. The molecule has 3 aromatic carbocycles. The van der Waals surface area contributed by atoms with E-state index in [0.29, 0.717) is 6.61 Å². The van der Waals surface area contributed by atoms with Crippen LogP contribution in [0.2, 0.25) is 0 Å². The molecule has 0 aliphatic carbocycles. The largest absolute Gasteiger partial charge is 0.466 e. The van der Waals surface area contributed by atoms with Crippen LogP contribution < -0.4 is 15.9 Å². The normalized spacial score (nSPS) is 10.6. The molecule has 0 heterocycles. The van der Waals surface area contributed by atoms with Gasteiger partial charge in [-0.2, -0.15) is 0 Å². The summed E-state index contributed by atoms with van der Waals surface area (Å²) in [4.78, 5) is 10.8. The maximum atomic E-state index is 10.8. The zero-order valence-electron chi connectivity index (χ0n) is 19.6. The number of carbonyl (C=O) groups excluding carboxylic acids is 1. The molecule has 0 bridgehead atoms. The van der Waals surface area contributed by atoms with Crippen molar-refractivity contribution in [2.24, 2.45) is 0 Å². The lowest BCUT2D eigenvalue weighted by molar-refractivity contribution is -0.141. The van der Waals surface area contributed by atoms with E-state index in [4.69, 9.17) is 4.74 Å². The summed E-state index contributed by atoms with van der Waals surface area (Å²) < 4.78 is 4.99. The van der Waals surface area contributed by atoms with Crippen molar-refractivity contribution in [2.75, 3.05) is 6.61 Å². The molecule has 0 unspecified atom stereocenters. The van der Waals surface area contributed by atoms with E-state index in [1.54, 1.807) is 0 Å². The van der Waals surface area contributed by atoms with Gasteiger partial charge < -0.3 is 4.74 Å². The third kappa shape index (κ3) is 9.43. The second kappa shape index (κ2) is 15.8. The van der Waals surface area contributed by atoms with Gasteiger partial charge in [0.05, 0.1) is 6.61 Å². The second-order valence-electron chi connectivity index (χ2n) is 8.20. The number of carbonyl (C=O) groups is 1. The van der Waals surface area contributed by atoms with Crippen LogP contribution in [0.5, 0.6) is 0 Å². The van der Waals surface area contributed by atoms with Crippen LogP contribution in [0.1, 0.15) is 57.4 Å². The first-order chi connectivity index (χ1) is 15.8. The number of aryl methyl sites for hydroxylation is 1. The van der Waals surface area contributed by atoms with Gasteiger partial charge in [-0.25, -0.2) is 0 Å². The summed E-state index contributed by atoms with van der Waals surface area (Å²) in [6.07, 6.45) is 9.55. The smallest absolute Gasteiger partial charge is 0.302 e. The molecule has 0 aliphatic heterocycles. The minimum absolute atomic E-state index is 0. The maximum Gasteiger partial charge on any atom is 0.302 e. The standard InChI is InChI=1S/C29H35O2P.BrH/c1-25(30)31-24-16-6-4-2-3-5-9-17-26-18-14-15-23-29(26)32(27-19-10-7-11-20-27)28-21-12-8-13-22-28;/h7-8,10-15,18-23H,2-6,9,16-17,24H2,1H3;1H. The molecule has 0 atom stereocenters. The Bertz CT molecular complexity index is 891. The van der Waals surface area contributed by atoms with Crippen molar-refractivity contribution >= 4 is 46.8 Å². The molecule has 2 nitrogen and oxygen atoms in total. The SMILES string of the molecule is Br.CC(=O)OCCCCCCCCCc1ccccc1P(c1ccccc1)c1ccccc1. The van der Waals surface area contributed by atoms with E-state index in [9.17, 15) is 4.79 Å². The third-order valence-corrected chi connectivity index (χ3v) is 8.20. The predicted molar refractivity (Wildman–Crippen MR) is 148 cm³/mol. The Hall–Kier alpha value is -1.96. The Kier molecular flexibility index (Phi) is 13.1. The molecule has 0 spiro atoms. The van der Waals surface area contributed by atoms with Crippen LogP contribution >= 0.6 is 24.9 Å². The number of halogens is 1. The molecular weight excluding hydrogens is 491 g/mol. The average Bonchev–Trinajstić information content (AvgIpc) is 2.82. The monoisotopic (exact) mass is 526 g/mol. The van der Waals surface area contributed by atoms with Crippen LogP contribution in [0.3, 0.4) is 0 Å². The minimum atomic E-state index is -0.544. The average molecular weight is 527 g/mol. The summed E-state index contributed by atoms with van der Waals surface area (Å²) in [7, 11) is -0.544. The second-order valence-corrected chi connectivity index (χ2v) is 10.4. The van der Waals surface area contributed by atoms with Crippen molar-refractivity contribution < 1.29 is 9.53 Å². The molecule has 0 amide bonds. The van der Waals surface area contributed by atoms with E-state index >= 15 is 0 Å². The van der Waals surface area contributed by atoms with Crippen molar-refractivity contribution in [3.8, 4) is 0 Å². The third-order valence-electron chi connectivity index (χ3n) is 5.66. The van der Waals surface area contributed by atoms with Gasteiger partial charge in [-0.15, -0.1) is 17.0 Å². The molecule has 4 heteroatoms. The summed E-state index contributed by atoms with van der Waals surface area (Å²) in [6, 6.07) is 31.0. The Morgan fingerprint density at radius 1 is 0.667 bits per heavy atom. The van der Waals surface area contributed by atoms with Gasteiger partial charge in [-0.3, -0.25) is 4.79 Å². The van der Waals surface area contributed by atoms with E-state index in [1.807, 2.05) is 0 Å². The zero-order valence-corrected chi connectivity index (χ0v) is 22.2. The Balaban J connectivity index is 0.00000385. The number of rotatable bonds is 13. The van der Waals surface area contributed by atoms with Crippen molar-refractivity contribution in [3.63, 3.8) is 0 Å². The van der Waals surface area contributed by atoms with E-state index in [1.165, 1.54) is 60.5 Å². The highest BCUT2D eigenvalue weighted by Gasteiger charge is 2.18. The highest BCUT2D eigenvalue weighted by Crippen LogP contribution is 2.34. The lowest BCUT2D eigenvalue weighted by Crippen LogP contribution is -2.23. The lowest BCUT2D eigenvalue weighted by atomic mass is 10.0. The summed E-state index contributed by atoms with van der Waals surface area (Å²) in [5, 5.41) is 4.31. The molecule has 0 N–H and O–H groups in total. The lowest BCUT2D eigenvalue weighted by Gasteiger charge is -2.22. The first-order valence-corrected chi connectivity index (χ1v) is 13.2. The summed E-state index contributed by atoms with van der Waals surface area (Å²) >= 11 is 0. The molecular formula is C29H36BrO2P. The highest BCUT2D eigenvalue weighted by molar-refractivity contribution is 8.93. The van der Waals surface area contributed by atoms with E-state index in [-0.39, 0.29) is 23.0 Å². The number of esters is 1. The molecule has 0 radical (unpaired) electrons. The van der Waals surface area contributed by atoms with Crippen LogP contribution in [0.4, 0.5) is 0 Å². The van der Waals surface area contributed by atoms with Crippen LogP contribution in [0.25, 0.3) is 0 Å². The maximum absolute atomic E-state index is 10.8. The molecule has 176 valence electrons. The van der Waals surface area contributed by atoms with Crippen molar-refractivity contribution in [1.29, 1.82) is 0 Å². The molecule has 0 saturated heterocycles. The number of ether oxygens (including phenoxy) is 1. The van der Waals surface area contributed by atoms with Gasteiger partial charge in [0.15, 0.2) is 0 Å². The van der Waals surface area contributed by atoms with E-state index in [0.717, 1.165) is 19.3 Å². The van der Waals surface area contributed by atoms with Crippen molar-refractivity contribution in [3.05, 3.63) is 90.5 Å². The molecule has 33 heavy (non-hydrogen) atoms. The quantitative estimate of drug-likeness (QED) is 0.138. The predicted octanol–water partition coefficient (Wildman–Crippen LogP) is 6.86. The topological polar surface area (TPSA) is 26.3 Å². The minimum Gasteiger partial charge on any atom is -0.466 e.